The molecule has 2 aliphatic rings. The smallest absolute Gasteiger partial charge is 0.410 e. The van der Waals surface area contributed by atoms with Crippen molar-refractivity contribution in [2.45, 2.75) is 52.1 Å². The molecule has 0 atom stereocenters. The monoisotopic (exact) mass is 281 g/mol. The molecule has 0 N–H and O–H groups in total. The predicted molar refractivity (Wildman–Crippen MR) is 80.2 cm³/mol. The van der Waals surface area contributed by atoms with Crippen LogP contribution < -0.4 is 0 Å². The Balaban J connectivity index is 1.76. The lowest BCUT2D eigenvalue weighted by molar-refractivity contribution is 0.0141. The van der Waals surface area contributed by atoms with Gasteiger partial charge in [0, 0.05) is 13.1 Å². The van der Waals surface area contributed by atoms with Crippen molar-refractivity contribution in [3.63, 3.8) is 0 Å². The number of carbonyl (C=O) groups is 1. The molecule has 2 saturated heterocycles. The van der Waals surface area contributed by atoms with Gasteiger partial charge < -0.3 is 14.5 Å². The fraction of sp³-hybridized carbons (Fsp3) is 0.875. The Morgan fingerprint density at radius 3 is 1.90 bits per heavy atom. The van der Waals surface area contributed by atoms with Crippen molar-refractivity contribution >= 4 is 6.09 Å². The van der Waals surface area contributed by atoms with Crippen molar-refractivity contribution in [3.05, 3.63) is 7.05 Å². The van der Waals surface area contributed by atoms with Gasteiger partial charge in [-0.25, -0.2) is 4.79 Å². The van der Waals surface area contributed by atoms with Gasteiger partial charge in [-0.1, -0.05) is 0 Å². The molecule has 0 spiro atoms. The average molecular weight is 281 g/mol. The summed E-state index contributed by atoms with van der Waals surface area (Å²) < 4.78 is 5.44. The minimum atomic E-state index is -0.394. The molecule has 0 radical (unpaired) electrons. The van der Waals surface area contributed by atoms with E-state index in [-0.39, 0.29) is 6.09 Å². The van der Waals surface area contributed by atoms with E-state index in [9.17, 15) is 4.79 Å². The molecule has 2 fully saturated rings. The number of rotatable bonds is 1. The van der Waals surface area contributed by atoms with Crippen molar-refractivity contribution in [2.75, 3.05) is 26.2 Å². The van der Waals surface area contributed by atoms with Crippen molar-refractivity contribution in [3.8, 4) is 0 Å². The van der Waals surface area contributed by atoms with Crippen LogP contribution in [0.4, 0.5) is 4.79 Å². The van der Waals surface area contributed by atoms with Gasteiger partial charge in [-0.05, 0) is 71.4 Å². The minimum Gasteiger partial charge on any atom is -0.459 e. The van der Waals surface area contributed by atoms with E-state index in [2.05, 4.69) is 11.9 Å². The molecule has 1 amide bonds. The van der Waals surface area contributed by atoms with Crippen LogP contribution in [0.2, 0.25) is 0 Å². The van der Waals surface area contributed by atoms with Crippen LogP contribution in [0, 0.1) is 18.9 Å². The lowest BCUT2D eigenvalue weighted by Gasteiger charge is -2.41. The number of hydrogen-bond donors (Lipinski definition) is 0. The van der Waals surface area contributed by atoms with Crippen LogP contribution in [-0.2, 0) is 4.74 Å². The largest absolute Gasteiger partial charge is 0.459 e. The summed E-state index contributed by atoms with van der Waals surface area (Å²) in [6, 6.07) is 0. The maximum absolute atomic E-state index is 12.0. The molecule has 0 bridgehead atoms. The van der Waals surface area contributed by atoms with E-state index in [4.69, 9.17) is 4.74 Å². The molecule has 4 nitrogen and oxygen atoms in total. The van der Waals surface area contributed by atoms with Crippen LogP contribution in [0.3, 0.4) is 0 Å². The van der Waals surface area contributed by atoms with Gasteiger partial charge in [-0.3, -0.25) is 7.05 Å². The van der Waals surface area contributed by atoms with Gasteiger partial charge in [0.25, 0.3) is 0 Å². The van der Waals surface area contributed by atoms with Gasteiger partial charge in [0.1, 0.15) is 5.60 Å². The highest BCUT2D eigenvalue weighted by Gasteiger charge is 2.31. The quantitative estimate of drug-likeness (QED) is 0.692. The van der Waals surface area contributed by atoms with Crippen LogP contribution in [0.15, 0.2) is 0 Å². The highest BCUT2D eigenvalue weighted by Crippen LogP contribution is 2.32. The molecule has 116 valence electrons. The fourth-order valence-electron chi connectivity index (χ4n) is 3.30. The SMILES string of the molecule is [CH2-]N1CCC(C2CCN(C(=O)OC(C)(C)C)CC2)CC1. The summed E-state index contributed by atoms with van der Waals surface area (Å²) in [6.45, 7) is 9.71. The molecule has 20 heavy (non-hydrogen) atoms. The standard InChI is InChI=1S/C16H29N2O2/c1-16(2,3)20-15(19)18-11-7-14(8-12-18)13-5-9-17(4)10-6-13/h13-14H,4-12H2,1-3H3/q-1. The lowest BCUT2D eigenvalue weighted by atomic mass is 9.79. The Hall–Kier alpha value is -0.770. The third-order valence-electron chi connectivity index (χ3n) is 4.49. The van der Waals surface area contributed by atoms with Gasteiger partial charge in [-0.2, -0.15) is 0 Å². The van der Waals surface area contributed by atoms with E-state index >= 15 is 0 Å². The van der Waals surface area contributed by atoms with Gasteiger partial charge in [0.2, 0.25) is 0 Å². The highest BCUT2D eigenvalue weighted by molar-refractivity contribution is 5.68. The van der Waals surface area contributed by atoms with Gasteiger partial charge >= 0.3 is 6.09 Å². The Labute approximate surface area is 123 Å². The first-order chi connectivity index (χ1) is 9.35. The molecular weight excluding hydrogens is 252 g/mol. The van der Waals surface area contributed by atoms with E-state index in [1.165, 1.54) is 12.8 Å². The summed E-state index contributed by atoms with van der Waals surface area (Å²) in [7, 11) is 4.01. The molecular formula is C16H29N2O2-. The van der Waals surface area contributed by atoms with Crippen LogP contribution in [0.25, 0.3) is 0 Å². The van der Waals surface area contributed by atoms with E-state index in [1.54, 1.807) is 0 Å². The molecule has 0 saturated carbocycles. The van der Waals surface area contributed by atoms with Gasteiger partial charge in [0.05, 0.1) is 0 Å². The molecule has 0 aromatic rings. The first-order valence-electron chi connectivity index (χ1n) is 7.88. The number of carbonyl (C=O) groups excluding carboxylic acids is 1. The van der Waals surface area contributed by atoms with E-state index in [0.29, 0.717) is 0 Å². The molecule has 2 rings (SSSR count). The topological polar surface area (TPSA) is 32.8 Å². The van der Waals surface area contributed by atoms with Crippen LogP contribution in [-0.4, -0.2) is 47.7 Å². The summed E-state index contributed by atoms with van der Waals surface area (Å²) in [5, 5.41) is 0. The number of hydrogen-bond acceptors (Lipinski definition) is 3. The van der Waals surface area contributed by atoms with Crippen LogP contribution in [0.1, 0.15) is 46.5 Å². The third kappa shape index (κ3) is 4.37. The third-order valence-corrected chi connectivity index (χ3v) is 4.49. The maximum Gasteiger partial charge on any atom is 0.410 e. The van der Waals surface area contributed by atoms with Crippen molar-refractivity contribution in [1.29, 1.82) is 0 Å². The number of nitrogens with zero attached hydrogens (tertiary/aromatic N) is 2. The Morgan fingerprint density at radius 2 is 1.45 bits per heavy atom. The second kappa shape index (κ2) is 6.33. The predicted octanol–water partition coefficient (Wildman–Crippen LogP) is 3.14. The van der Waals surface area contributed by atoms with E-state index < -0.39 is 5.60 Å². The number of ether oxygens (including phenoxy) is 1. The van der Waals surface area contributed by atoms with Crippen molar-refractivity contribution < 1.29 is 9.53 Å². The number of piperidine rings is 2. The second-order valence-corrected chi connectivity index (χ2v) is 7.26. The van der Waals surface area contributed by atoms with E-state index in [0.717, 1.165) is 50.9 Å². The zero-order valence-electron chi connectivity index (χ0n) is 13.2. The Morgan fingerprint density at radius 1 is 1.00 bits per heavy atom. The first kappa shape index (κ1) is 15.6. The summed E-state index contributed by atoms with van der Waals surface area (Å²) in [5.74, 6) is 1.61. The molecule has 4 heteroatoms. The highest BCUT2D eigenvalue weighted by atomic mass is 16.6. The molecule has 0 aromatic heterocycles. The molecule has 0 aliphatic carbocycles. The van der Waals surface area contributed by atoms with Crippen molar-refractivity contribution in [2.24, 2.45) is 11.8 Å². The molecule has 0 unspecified atom stereocenters. The zero-order chi connectivity index (χ0) is 14.8. The van der Waals surface area contributed by atoms with Crippen LogP contribution in [0.5, 0.6) is 0 Å². The molecule has 2 heterocycles. The first-order valence-corrected chi connectivity index (χ1v) is 7.88. The number of amides is 1. The number of likely N-dealkylation sites (tertiary alicyclic amines) is 2. The fourth-order valence-corrected chi connectivity index (χ4v) is 3.30. The lowest BCUT2D eigenvalue weighted by Crippen LogP contribution is -2.44. The average Bonchev–Trinajstić information content (AvgIpc) is 2.38. The summed E-state index contributed by atoms with van der Waals surface area (Å²) in [5.41, 5.74) is -0.394. The molecule has 2 aliphatic heterocycles. The van der Waals surface area contributed by atoms with Crippen molar-refractivity contribution in [1.82, 2.24) is 9.80 Å². The van der Waals surface area contributed by atoms with Gasteiger partial charge in [-0.15, -0.1) is 0 Å². The normalized spacial score (nSPS) is 23.9. The second-order valence-electron chi connectivity index (χ2n) is 7.26. The van der Waals surface area contributed by atoms with E-state index in [1.807, 2.05) is 25.7 Å². The summed E-state index contributed by atoms with van der Waals surface area (Å²) in [4.78, 5) is 16.1. The Kier molecular flexibility index (Phi) is 4.95. The van der Waals surface area contributed by atoms with Gasteiger partial charge in [0.15, 0.2) is 0 Å². The Bertz CT molecular complexity index is 322. The summed E-state index contributed by atoms with van der Waals surface area (Å²) in [6.07, 6.45) is 4.63. The maximum atomic E-state index is 12.0. The molecule has 0 aromatic carbocycles. The van der Waals surface area contributed by atoms with Crippen LogP contribution >= 0.6 is 0 Å². The summed E-state index contributed by atoms with van der Waals surface area (Å²) >= 11 is 0. The zero-order valence-corrected chi connectivity index (χ0v) is 13.2. The minimum absolute atomic E-state index is 0.150.